The predicted octanol–water partition coefficient (Wildman–Crippen LogP) is 4.69. The fourth-order valence-electron chi connectivity index (χ4n) is 2.36. The van der Waals surface area contributed by atoms with Crippen molar-refractivity contribution in [2.24, 2.45) is 0 Å². The average Bonchev–Trinajstić information content (AvgIpc) is 2.59. The Morgan fingerprint density at radius 3 is 2.64 bits per heavy atom. The third kappa shape index (κ3) is 5.90. The maximum atomic E-state index is 5.54. The predicted molar refractivity (Wildman–Crippen MR) is 111 cm³/mol. The number of hydrogen-bond donors (Lipinski definition) is 2. The number of aryl methyl sites for hydroxylation is 1. The van der Waals surface area contributed by atoms with Gasteiger partial charge in [-0.1, -0.05) is 22.0 Å². The van der Waals surface area contributed by atoms with Gasteiger partial charge in [0, 0.05) is 16.7 Å². The lowest BCUT2D eigenvalue weighted by atomic mass is 10.1. The van der Waals surface area contributed by atoms with E-state index in [1.807, 2.05) is 44.2 Å². The molecular formula is C19H23BrN2O2S. The molecule has 0 spiro atoms. The largest absolute Gasteiger partial charge is 0.493 e. The van der Waals surface area contributed by atoms with Crippen molar-refractivity contribution < 1.29 is 9.47 Å². The highest BCUT2D eigenvalue weighted by atomic mass is 79.9. The normalized spacial score (nSPS) is 10.2. The number of methoxy groups -OCH3 is 1. The first-order chi connectivity index (χ1) is 12.0. The van der Waals surface area contributed by atoms with Crippen LogP contribution in [0.4, 0.5) is 5.69 Å². The van der Waals surface area contributed by atoms with Crippen molar-refractivity contribution >= 4 is 38.9 Å². The molecule has 4 nitrogen and oxygen atoms in total. The van der Waals surface area contributed by atoms with Gasteiger partial charge in [-0.25, -0.2) is 0 Å². The van der Waals surface area contributed by atoms with Gasteiger partial charge in [0.1, 0.15) is 0 Å². The van der Waals surface area contributed by atoms with Crippen molar-refractivity contribution in [2.45, 2.75) is 20.3 Å². The Kier molecular flexibility index (Phi) is 7.52. The van der Waals surface area contributed by atoms with E-state index in [1.165, 1.54) is 0 Å². The SMILES string of the molecule is CCOc1ccc(CCNC(=S)Nc2ccc(Br)c(C)c2)cc1OC. The molecular weight excluding hydrogens is 400 g/mol. The summed E-state index contributed by atoms with van der Waals surface area (Å²) in [5, 5.41) is 7.04. The smallest absolute Gasteiger partial charge is 0.170 e. The van der Waals surface area contributed by atoms with Crippen LogP contribution in [0.1, 0.15) is 18.1 Å². The van der Waals surface area contributed by atoms with Crippen LogP contribution >= 0.6 is 28.1 Å². The molecule has 25 heavy (non-hydrogen) atoms. The maximum absolute atomic E-state index is 5.54. The minimum atomic E-state index is 0.611. The lowest BCUT2D eigenvalue weighted by Crippen LogP contribution is -2.30. The summed E-state index contributed by atoms with van der Waals surface area (Å²) < 4.78 is 12.0. The van der Waals surface area contributed by atoms with Crippen LogP contribution in [0.25, 0.3) is 0 Å². The van der Waals surface area contributed by atoms with Crippen molar-refractivity contribution in [3.63, 3.8) is 0 Å². The summed E-state index contributed by atoms with van der Waals surface area (Å²) in [6, 6.07) is 12.0. The number of benzene rings is 2. The fraction of sp³-hybridized carbons (Fsp3) is 0.316. The molecule has 0 bridgehead atoms. The first-order valence-corrected chi connectivity index (χ1v) is 9.34. The number of halogens is 1. The van der Waals surface area contributed by atoms with E-state index in [-0.39, 0.29) is 0 Å². The van der Waals surface area contributed by atoms with Gasteiger partial charge in [0.2, 0.25) is 0 Å². The number of thiocarbonyl (C=S) groups is 1. The van der Waals surface area contributed by atoms with Crippen molar-refractivity contribution in [3.05, 3.63) is 52.0 Å². The number of ether oxygens (including phenoxy) is 2. The second kappa shape index (κ2) is 9.63. The third-order valence-electron chi connectivity index (χ3n) is 3.64. The van der Waals surface area contributed by atoms with Crippen LogP contribution < -0.4 is 20.1 Å². The van der Waals surface area contributed by atoms with Crippen LogP contribution in [0.5, 0.6) is 11.5 Å². The summed E-state index contributed by atoms with van der Waals surface area (Å²) >= 11 is 8.85. The molecule has 2 aromatic rings. The summed E-state index contributed by atoms with van der Waals surface area (Å²) in [6.45, 7) is 5.36. The van der Waals surface area contributed by atoms with E-state index >= 15 is 0 Å². The minimum Gasteiger partial charge on any atom is -0.493 e. The molecule has 2 aromatic carbocycles. The van der Waals surface area contributed by atoms with Gasteiger partial charge in [-0.05, 0) is 73.9 Å². The van der Waals surface area contributed by atoms with Crippen molar-refractivity contribution in [1.29, 1.82) is 0 Å². The topological polar surface area (TPSA) is 42.5 Å². The number of nitrogens with one attached hydrogen (secondary N) is 2. The molecule has 0 saturated carbocycles. The molecule has 0 saturated heterocycles. The Bertz CT molecular complexity index is 737. The average molecular weight is 423 g/mol. The molecule has 0 fully saturated rings. The van der Waals surface area contributed by atoms with Gasteiger partial charge in [0.25, 0.3) is 0 Å². The second-order valence-corrected chi connectivity index (χ2v) is 6.78. The highest BCUT2D eigenvalue weighted by Crippen LogP contribution is 2.28. The van der Waals surface area contributed by atoms with E-state index in [0.29, 0.717) is 11.7 Å². The van der Waals surface area contributed by atoms with E-state index in [9.17, 15) is 0 Å². The summed E-state index contributed by atoms with van der Waals surface area (Å²) in [7, 11) is 1.65. The molecule has 0 aliphatic heterocycles. The lowest BCUT2D eigenvalue weighted by Gasteiger charge is -2.13. The molecule has 0 aliphatic rings. The van der Waals surface area contributed by atoms with Crippen LogP contribution in [0.15, 0.2) is 40.9 Å². The van der Waals surface area contributed by atoms with Crippen molar-refractivity contribution in [1.82, 2.24) is 5.32 Å². The van der Waals surface area contributed by atoms with Gasteiger partial charge < -0.3 is 20.1 Å². The Hall–Kier alpha value is -1.79. The zero-order valence-electron chi connectivity index (χ0n) is 14.7. The summed E-state index contributed by atoms with van der Waals surface area (Å²) in [5.41, 5.74) is 3.30. The van der Waals surface area contributed by atoms with Crippen LogP contribution in [-0.2, 0) is 6.42 Å². The van der Waals surface area contributed by atoms with Crippen LogP contribution in [0.2, 0.25) is 0 Å². The summed E-state index contributed by atoms with van der Waals surface area (Å²) in [5.74, 6) is 1.52. The third-order valence-corrected chi connectivity index (χ3v) is 4.78. The second-order valence-electron chi connectivity index (χ2n) is 5.51. The van der Waals surface area contributed by atoms with Gasteiger partial charge in [-0.3, -0.25) is 0 Å². The van der Waals surface area contributed by atoms with E-state index in [2.05, 4.69) is 32.6 Å². The molecule has 0 atom stereocenters. The van der Waals surface area contributed by atoms with Crippen molar-refractivity contribution in [2.75, 3.05) is 25.6 Å². The molecule has 0 heterocycles. The Balaban J connectivity index is 1.85. The highest BCUT2D eigenvalue weighted by molar-refractivity contribution is 9.10. The Morgan fingerprint density at radius 2 is 1.96 bits per heavy atom. The number of hydrogen-bond acceptors (Lipinski definition) is 3. The van der Waals surface area contributed by atoms with E-state index in [1.54, 1.807) is 7.11 Å². The van der Waals surface area contributed by atoms with Gasteiger partial charge in [0.15, 0.2) is 16.6 Å². The molecule has 0 radical (unpaired) electrons. The fourth-order valence-corrected chi connectivity index (χ4v) is 2.83. The Morgan fingerprint density at radius 1 is 1.16 bits per heavy atom. The molecule has 2 N–H and O–H groups in total. The number of anilines is 1. The quantitative estimate of drug-likeness (QED) is 0.633. The van der Waals surface area contributed by atoms with Gasteiger partial charge in [-0.15, -0.1) is 0 Å². The molecule has 0 aromatic heterocycles. The lowest BCUT2D eigenvalue weighted by molar-refractivity contribution is 0.310. The van der Waals surface area contributed by atoms with E-state index < -0.39 is 0 Å². The van der Waals surface area contributed by atoms with Gasteiger partial charge in [-0.2, -0.15) is 0 Å². The van der Waals surface area contributed by atoms with E-state index in [4.69, 9.17) is 21.7 Å². The monoisotopic (exact) mass is 422 g/mol. The molecule has 0 aliphatic carbocycles. The van der Waals surface area contributed by atoms with Gasteiger partial charge in [0.05, 0.1) is 13.7 Å². The standard InChI is InChI=1S/C19H23BrN2O2S/c1-4-24-17-8-5-14(12-18(17)23-3)9-10-21-19(25)22-15-6-7-16(20)13(2)11-15/h5-8,11-12H,4,9-10H2,1-3H3,(H2,21,22,25). The first-order valence-electron chi connectivity index (χ1n) is 8.14. The maximum Gasteiger partial charge on any atom is 0.170 e. The molecule has 2 rings (SSSR count). The van der Waals surface area contributed by atoms with Crippen LogP contribution in [-0.4, -0.2) is 25.4 Å². The molecule has 0 unspecified atom stereocenters. The zero-order valence-corrected chi connectivity index (χ0v) is 17.1. The highest BCUT2D eigenvalue weighted by Gasteiger charge is 2.06. The molecule has 134 valence electrons. The number of rotatable bonds is 7. The summed E-state index contributed by atoms with van der Waals surface area (Å²) in [6.07, 6.45) is 0.837. The minimum absolute atomic E-state index is 0.611. The first kappa shape index (κ1) is 19.5. The molecule has 6 heteroatoms. The Labute approximate surface area is 163 Å². The van der Waals surface area contributed by atoms with E-state index in [0.717, 1.165) is 45.8 Å². The van der Waals surface area contributed by atoms with Gasteiger partial charge >= 0.3 is 0 Å². The van der Waals surface area contributed by atoms with Crippen LogP contribution in [0.3, 0.4) is 0 Å². The van der Waals surface area contributed by atoms with Crippen LogP contribution in [0, 0.1) is 6.92 Å². The zero-order chi connectivity index (χ0) is 18.2. The molecule has 0 amide bonds. The summed E-state index contributed by atoms with van der Waals surface area (Å²) in [4.78, 5) is 0. The van der Waals surface area contributed by atoms with Crippen molar-refractivity contribution in [3.8, 4) is 11.5 Å².